The number of hydrogen-bond acceptors (Lipinski definition) is 5. The normalized spacial score (nSPS) is 10.7. The van der Waals surface area contributed by atoms with Gasteiger partial charge in [0.05, 0.1) is 0 Å². The summed E-state index contributed by atoms with van der Waals surface area (Å²) in [7, 11) is 0. The molecule has 2 heterocycles. The minimum Gasteiger partial charge on any atom is -0.471 e. The van der Waals surface area contributed by atoms with Gasteiger partial charge in [-0.25, -0.2) is 18.6 Å². The summed E-state index contributed by atoms with van der Waals surface area (Å²) in [6.07, 6.45) is -1.18. The number of amides is 2. The van der Waals surface area contributed by atoms with Gasteiger partial charge in [0.1, 0.15) is 11.4 Å². The van der Waals surface area contributed by atoms with Gasteiger partial charge in [-0.1, -0.05) is 41.6 Å². The van der Waals surface area contributed by atoms with Gasteiger partial charge in [-0.3, -0.25) is 0 Å². The molecule has 3 aromatic rings. The van der Waals surface area contributed by atoms with Crippen molar-refractivity contribution in [2.24, 2.45) is 0 Å². The summed E-state index contributed by atoms with van der Waals surface area (Å²) in [5.74, 6) is 0.491. The van der Waals surface area contributed by atoms with Crippen LogP contribution < -0.4 is 15.4 Å². The van der Waals surface area contributed by atoms with Crippen LogP contribution in [0.15, 0.2) is 53.2 Å². The molecule has 0 unspecified atom stereocenters. The smallest absolute Gasteiger partial charge is 0.319 e. The van der Waals surface area contributed by atoms with Gasteiger partial charge in [-0.15, -0.1) is 0 Å². The Bertz CT molecular complexity index is 932. The summed E-state index contributed by atoms with van der Waals surface area (Å²) in [6.45, 7) is 0.989. The fourth-order valence-corrected chi connectivity index (χ4v) is 2.47. The van der Waals surface area contributed by atoms with Crippen molar-refractivity contribution < 1.29 is 22.8 Å². The van der Waals surface area contributed by atoms with E-state index in [1.165, 1.54) is 6.20 Å². The maximum atomic E-state index is 12.3. The van der Waals surface area contributed by atoms with Crippen LogP contribution in [-0.2, 0) is 6.54 Å². The summed E-state index contributed by atoms with van der Waals surface area (Å²) in [4.78, 5) is 16.2. The van der Waals surface area contributed by atoms with Crippen LogP contribution in [0.4, 0.5) is 19.3 Å². The number of carbonyl (C=O) groups excluding carboxylic acids is 1. The zero-order valence-corrected chi connectivity index (χ0v) is 15.0. The third-order valence-electron chi connectivity index (χ3n) is 3.77. The average molecular weight is 388 g/mol. The van der Waals surface area contributed by atoms with E-state index >= 15 is 0 Å². The Morgan fingerprint density at radius 1 is 1.21 bits per heavy atom. The molecular formula is C19H18F2N4O3. The second-order valence-corrected chi connectivity index (χ2v) is 5.82. The van der Waals surface area contributed by atoms with E-state index in [-0.39, 0.29) is 12.4 Å². The number of ether oxygens (including phenoxy) is 1. The summed E-state index contributed by atoms with van der Waals surface area (Å²) >= 11 is 0. The number of anilines is 1. The maximum absolute atomic E-state index is 12.3. The van der Waals surface area contributed by atoms with Gasteiger partial charge in [0.25, 0.3) is 6.43 Å². The molecule has 0 saturated heterocycles. The van der Waals surface area contributed by atoms with Crippen molar-refractivity contribution in [2.45, 2.75) is 19.9 Å². The second-order valence-electron chi connectivity index (χ2n) is 5.82. The third-order valence-corrected chi connectivity index (χ3v) is 3.77. The Labute approximate surface area is 159 Å². The fraction of sp³-hybridized carbons (Fsp3) is 0.211. The van der Waals surface area contributed by atoms with Gasteiger partial charge in [-0.2, -0.15) is 0 Å². The lowest BCUT2D eigenvalue weighted by atomic mass is 10.1. The van der Waals surface area contributed by atoms with Crippen LogP contribution in [0, 0.1) is 6.92 Å². The van der Waals surface area contributed by atoms with Gasteiger partial charge in [0, 0.05) is 23.9 Å². The SMILES string of the molecule is Cc1noc(-c2ccccc2)c1NC(=O)NCc1cccnc1OCC(F)F. The molecule has 2 amide bonds. The van der Waals surface area contributed by atoms with Gasteiger partial charge in [0.15, 0.2) is 12.4 Å². The second kappa shape index (κ2) is 8.94. The highest BCUT2D eigenvalue weighted by atomic mass is 19.3. The highest BCUT2D eigenvalue weighted by molar-refractivity contribution is 5.93. The molecule has 0 radical (unpaired) electrons. The fourth-order valence-electron chi connectivity index (χ4n) is 2.47. The van der Waals surface area contributed by atoms with Crippen molar-refractivity contribution in [3.8, 4) is 17.2 Å². The predicted molar refractivity (Wildman–Crippen MR) is 98.3 cm³/mol. The Kier molecular flexibility index (Phi) is 6.15. The lowest BCUT2D eigenvalue weighted by Gasteiger charge is -2.11. The van der Waals surface area contributed by atoms with Gasteiger partial charge < -0.3 is 19.9 Å². The number of carbonyl (C=O) groups is 1. The molecule has 0 aliphatic carbocycles. The first-order valence-corrected chi connectivity index (χ1v) is 8.46. The molecule has 146 valence electrons. The average Bonchev–Trinajstić information content (AvgIpc) is 3.06. The van der Waals surface area contributed by atoms with E-state index in [4.69, 9.17) is 9.26 Å². The molecule has 0 fully saturated rings. The number of pyridine rings is 1. The zero-order valence-electron chi connectivity index (χ0n) is 15.0. The van der Waals surface area contributed by atoms with Crippen LogP contribution in [-0.4, -0.2) is 29.2 Å². The number of alkyl halides is 2. The van der Waals surface area contributed by atoms with E-state index in [0.29, 0.717) is 22.7 Å². The third kappa shape index (κ3) is 4.81. The standard InChI is InChI=1S/C19H18F2N4O3/c1-12-16(17(28-25-12)13-6-3-2-4-7-13)24-19(26)23-10-14-8-5-9-22-18(14)27-11-15(20)21/h2-9,15H,10-11H2,1H3,(H2,23,24,26). The monoisotopic (exact) mass is 388 g/mol. The number of benzene rings is 1. The molecule has 0 aliphatic rings. The van der Waals surface area contributed by atoms with Crippen LogP contribution in [0.3, 0.4) is 0 Å². The van der Waals surface area contributed by atoms with Crippen molar-refractivity contribution >= 4 is 11.7 Å². The van der Waals surface area contributed by atoms with E-state index in [1.54, 1.807) is 19.1 Å². The number of halogens is 2. The number of aromatic nitrogens is 2. The van der Waals surface area contributed by atoms with Crippen LogP contribution >= 0.6 is 0 Å². The summed E-state index contributed by atoms with van der Waals surface area (Å²) < 4.78 is 35.0. The number of nitrogens with zero attached hydrogens (tertiary/aromatic N) is 2. The summed E-state index contributed by atoms with van der Waals surface area (Å²) in [6, 6.07) is 12.0. The van der Waals surface area contributed by atoms with E-state index in [1.807, 2.05) is 30.3 Å². The molecule has 2 aromatic heterocycles. The van der Waals surface area contributed by atoms with Crippen molar-refractivity contribution in [3.63, 3.8) is 0 Å². The highest BCUT2D eigenvalue weighted by Gasteiger charge is 2.17. The van der Waals surface area contributed by atoms with E-state index in [2.05, 4.69) is 20.8 Å². The minimum absolute atomic E-state index is 0.0449. The lowest BCUT2D eigenvalue weighted by Crippen LogP contribution is -2.28. The van der Waals surface area contributed by atoms with Gasteiger partial charge >= 0.3 is 6.03 Å². The quantitative estimate of drug-likeness (QED) is 0.638. The molecule has 0 aliphatic heterocycles. The van der Waals surface area contributed by atoms with Crippen LogP contribution in [0.2, 0.25) is 0 Å². The Hall–Kier alpha value is -3.49. The summed E-state index contributed by atoms with van der Waals surface area (Å²) in [5, 5.41) is 9.25. The number of aryl methyl sites for hydroxylation is 1. The first kappa shape index (κ1) is 19.3. The molecule has 0 atom stereocenters. The number of rotatable bonds is 7. The summed E-state index contributed by atoms with van der Waals surface area (Å²) in [5.41, 5.74) is 2.22. The largest absolute Gasteiger partial charge is 0.471 e. The molecular weight excluding hydrogens is 370 g/mol. The molecule has 1 aromatic carbocycles. The lowest BCUT2D eigenvalue weighted by molar-refractivity contribution is 0.0790. The predicted octanol–water partition coefficient (Wildman–Crippen LogP) is 4.01. The number of urea groups is 1. The molecule has 0 bridgehead atoms. The molecule has 2 N–H and O–H groups in total. The molecule has 3 rings (SSSR count). The maximum Gasteiger partial charge on any atom is 0.319 e. The van der Waals surface area contributed by atoms with Gasteiger partial charge in [0.2, 0.25) is 5.88 Å². The minimum atomic E-state index is -2.61. The molecule has 7 nitrogen and oxygen atoms in total. The van der Waals surface area contributed by atoms with Crippen LogP contribution in [0.25, 0.3) is 11.3 Å². The molecule has 28 heavy (non-hydrogen) atoms. The number of hydrogen-bond donors (Lipinski definition) is 2. The van der Waals surface area contributed by atoms with Crippen molar-refractivity contribution in [1.82, 2.24) is 15.5 Å². The first-order chi connectivity index (χ1) is 13.5. The molecule has 9 heteroatoms. The van der Waals surface area contributed by atoms with Gasteiger partial charge in [-0.05, 0) is 13.0 Å². The zero-order chi connectivity index (χ0) is 19.9. The number of nitrogens with one attached hydrogen (secondary N) is 2. The van der Waals surface area contributed by atoms with E-state index in [0.717, 1.165) is 5.56 Å². The van der Waals surface area contributed by atoms with E-state index in [9.17, 15) is 13.6 Å². The van der Waals surface area contributed by atoms with Crippen molar-refractivity contribution in [3.05, 3.63) is 59.9 Å². The topological polar surface area (TPSA) is 89.3 Å². The van der Waals surface area contributed by atoms with Crippen molar-refractivity contribution in [2.75, 3.05) is 11.9 Å². The Morgan fingerprint density at radius 3 is 2.75 bits per heavy atom. The van der Waals surface area contributed by atoms with Crippen molar-refractivity contribution in [1.29, 1.82) is 0 Å². The Balaban J connectivity index is 1.66. The van der Waals surface area contributed by atoms with Crippen LogP contribution in [0.5, 0.6) is 5.88 Å². The molecule has 0 spiro atoms. The Morgan fingerprint density at radius 2 is 2.00 bits per heavy atom. The van der Waals surface area contributed by atoms with Crippen LogP contribution in [0.1, 0.15) is 11.3 Å². The van der Waals surface area contributed by atoms with E-state index < -0.39 is 19.1 Å². The highest BCUT2D eigenvalue weighted by Crippen LogP contribution is 2.30. The first-order valence-electron chi connectivity index (χ1n) is 8.46. The molecule has 0 saturated carbocycles.